The van der Waals surface area contributed by atoms with Gasteiger partial charge in [0, 0.05) is 39.3 Å². The van der Waals surface area contributed by atoms with Crippen molar-refractivity contribution >= 4 is 24.0 Å². The number of piperazine rings is 1. The minimum Gasteiger partial charge on any atom is -0.504 e. The van der Waals surface area contributed by atoms with Gasteiger partial charge in [-0.2, -0.15) is 10.5 Å². The Bertz CT molecular complexity index is 1310. The van der Waals surface area contributed by atoms with Gasteiger partial charge in [-0.1, -0.05) is 12.1 Å². The maximum absolute atomic E-state index is 12.4. The third kappa shape index (κ3) is 9.55. The molecule has 2 aromatic carbocycles. The first-order chi connectivity index (χ1) is 20.2. The molecule has 0 saturated carbocycles. The van der Waals surface area contributed by atoms with E-state index in [0.29, 0.717) is 24.2 Å². The van der Waals surface area contributed by atoms with Crippen LogP contribution in [0.5, 0.6) is 23.0 Å². The fourth-order valence-electron chi connectivity index (χ4n) is 4.33. The number of carbonyl (C=O) groups excluding carboxylic acids is 2. The molecular weight excluding hydrogens is 540 g/mol. The number of nitrogens with one attached hydrogen (secondary N) is 2. The van der Waals surface area contributed by atoms with Crippen molar-refractivity contribution in [1.82, 2.24) is 20.4 Å². The summed E-state index contributed by atoms with van der Waals surface area (Å²) in [5, 5.41) is 62.1. The van der Waals surface area contributed by atoms with E-state index in [0.717, 1.165) is 52.1 Å². The van der Waals surface area contributed by atoms with Crippen molar-refractivity contribution < 1.29 is 30.0 Å². The van der Waals surface area contributed by atoms with E-state index in [1.807, 2.05) is 12.1 Å². The van der Waals surface area contributed by atoms with Crippen LogP contribution in [0.1, 0.15) is 24.0 Å². The molecule has 3 rings (SSSR count). The maximum atomic E-state index is 12.4. The number of amides is 2. The standard InChI is InChI=1S/C30H34N6O6/c31-19-23(15-21-3-5-25(37)27(39)17-21)29(41)33-7-1-9-35-11-13-36(14-12-35)10-2-8-34-30(42)24(20-32)16-22-4-6-26(38)28(40)18-22/h3-6,15-18,37-40H,1-2,7-14H2,(H,33,41)(H,34,42)/b23-15+,24-16+. The largest absolute Gasteiger partial charge is 0.504 e. The molecule has 1 heterocycles. The van der Waals surface area contributed by atoms with Gasteiger partial charge in [-0.25, -0.2) is 0 Å². The zero-order valence-corrected chi connectivity index (χ0v) is 23.1. The number of rotatable bonds is 12. The number of hydrogen-bond donors (Lipinski definition) is 6. The lowest BCUT2D eigenvalue weighted by Gasteiger charge is -2.34. The molecule has 0 bridgehead atoms. The smallest absolute Gasteiger partial charge is 0.261 e. The number of benzene rings is 2. The quantitative estimate of drug-likeness (QED) is 0.0939. The first-order valence-corrected chi connectivity index (χ1v) is 13.5. The van der Waals surface area contributed by atoms with Gasteiger partial charge in [0.25, 0.3) is 11.8 Å². The maximum Gasteiger partial charge on any atom is 0.261 e. The zero-order chi connectivity index (χ0) is 30.5. The SMILES string of the molecule is N#C/C(=C\c1ccc(O)c(O)c1)C(=O)NCCCN1CCN(CCCNC(=O)/C(C#N)=C/c2ccc(O)c(O)c2)CC1. The average molecular weight is 575 g/mol. The highest BCUT2D eigenvalue weighted by atomic mass is 16.3. The molecule has 220 valence electrons. The molecule has 12 nitrogen and oxygen atoms in total. The lowest BCUT2D eigenvalue weighted by Crippen LogP contribution is -2.47. The fraction of sp³-hybridized carbons (Fsp3) is 0.333. The summed E-state index contributed by atoms with van der Waals surface area (Å²) in [5.41, 5.74) is 0.659. The molecule has 2 amide bonds. The van der Waals surface area contributed by atoms with Gasteiger partial charge in [0.1, 0.15) is 23.3 Å². The van der Waals surface area contributed by atoms with Gasteiger partial charge < -0.3 is 40.9 Å². The third-order valence-corrected chi connectivity index (χ3v) is 6.69. The molecule has 0 aliphatic carbocycles. The number of phenolic OH excluding ortho intramolecular Hbond substituents is 4. The van der Waals surface area contributed by atoms with Crippen LogP contribution in [-0.4, -0.2) is 94.4 Å². The van der Waals surface area contributed by atoms with E-state index < -0.39 is 11.8 Å². The first kappa shape index (κ1) is 31.5. The van der Waals surface area contributed by atoms with Gasteiger partial charge in [-0.15, -0.1) is 0 Å². The summed E-state index contributed by atoms with van der Waals surface area (Å²) in [5.74, 6) is -2.23. The second-order valence-electron chi connectivity index (χ2n) is 9.74. The normalized spacial score (nSPS) is 14.5. The number of aromatic hydroxyl groups is 4. The van der Waals surface area contributed by atoms with Crippen molar-refractivity contribution in [3.63, 3.8) is 0 Å². The van der Waals surface area contributed by atoms with Gasteiger partial charge in [0.15, 0.2) is 23.0 Å². The van der Waals surface area contributed by atoms with Crippen molar-refractivity contribution in [1.29, 1.82) is 10.5 Å². The minimum absolute atomic E-state index is 0.0950. The van der Waals surface area contributed by atoms with Crippen LogP contribution in [0.3, 0.4) is 0 Å². The molecule has 1 saturated heterocycles. The second-order valence-corrected chi connectivity index (χ2v) is 9.74. The number of nitriles is 2. The van der Waals surface area contributed by atoms with Crippen molar-refractivity contribution in [3.05, 3.63) is 58.7 Å². The van der Waals surface area contributed by atoms with Crippen LogP contribution in [0.2, 0.25) is 0 Å². The molecule has 2 aromatic rings. The van der Waals surface area contributed by atoms with Gasteiger partial charge in [0.2, 0.25) is 0 Å². The lowest BCUT2D eigenvalue weighted by atomic mass is 10.1. The van der Waals surface area contributed by atoms with Gasteiger partial charge in [-0.05, 0) is 73.5 Å². The number of nitrogens with zero attached hydrogens (tertiary/aromatic N) is 4. The van der Waals surface area contributed by atoms with Crippen molar-refractivity contribution in [3.8, 4) is 35.1 Å². The van der Waals surface area contributed by atoms with Crippen LogP contribution in [-0.2, 0) is 9.59 Å². The molecular formula is C30H34N6O6. The van der Waals surface area contributed by atoms with E-state index >= 15 is 0 Å². The number of hydrogen-bond acceptors (Lipinski definition) is 10. The van der Waals surface area contributed by atoms with Crippen molar-refractivity contribution in [2.75, 3.05) is 52.4 Å². The summed E-state index contributed by atoms with van der Waals surface area (Å²) >= 11 is 0. The highest BCUT2D eigenvalue weighted by molar-refractivity contribution is 6.02. The summed E-state index contributed by atoms with van der Waals surface area (Å²) < 4.78 is 0. The van der Waals surface area contributed by atoms with E-state index in [1.165, 1.54) is 48.6 Å². The molecule has 0 spiro atoms. The van der Waals surface area contributed by atoms with Crippen molar-refractivity contribution in [2.45, 2.75) is 12.8 Å². The van der Waals surface area contributed by atoms with Crippen LogP contribution in [0.4, 0.5) is 0 Å². The summed E-state index contributed by atoms with van der Waals surface area (Å²) in [7, 11) is 0. The van der Waals surface area contributed by atoms with E-state index in [9.17, 15) is 40.5 Å². The Morgan fingerprint density at radius 2 is 1.07 bits per heavy atom. The summed E-state index contributed by atoms with van der Waals surface area (Å²) in [6.07, 6.45) is 4.13. The monoisotopic (exact) mass is 574 g/mol. The summed E-state index contributed by atoms with van der Waals surface area (Å²) in [6.45, 7) is 5.89. The van der Waals surface area contributed by atoms with E-state index in [-0.39, 0.29) is 34.1 Å². The van der Waals surface area contributed by atoms with E-state index in [2.05, 4.69) is 20.4 Å². The topological polar surface area (TPSA) is 193 Å². The van der Waals surface area contributed by atoms with Gasteiger partial charge in [-0.3, -0.25) is 9.59 Å². The molecule has 1 fully saturated rings. The van der Waals surface area contributed by atoms with Crippen LogP contribution in [0.25, 0.3) is 12.2 Å². The van der Waals surface area contributed by atoms with Gasteiger partial charge >= 0.3 is 0 Å². The molecule has 0 radical (unpaired) electrons. The Morgan fingerprint density at radius 3 is 1.40 bits per heavy atom. The van der Waals surface area contributed by atoms with E-state index in [1.54, 1.807) is 0 Å². The highest BCUT2D eigenvalue weighted by Gasteiger charge is 2.17. The number of phenols is 4. The Labute approximate surface area is 244 Å². The molecule has 0 atom stereocenters. The fourth-order valence-corrected chi connectivity index (χ4v) is 4.33. The molecule has 12 heteroatoms. The zero-order valence-electron chi connectivity index (χ0n) is 23.1. The summed E-state index contributed by atoms with van der Waals surface area (Å²) in [6, 6.07) is 11.8. The van der Waals surface area contributed by atoms with Crippen LogP contribution in [0.15, 0.2) is 47.5 Å². The van der Waals surface area contributed by atoms with Gasteiger partial charge in [0.05, 0.1) is 0 Å². The molecule has 6 N–H and O–H groups in total. The van der Waals surface area contributed by atoms with Crippen LogP contribution < -0.4 is 10.6 Å². The third-order valence-electron chi connectivity index (χ3n) is 6.69. The molecule has 0 aromatic heterocycles. The predicted octanol–water partition coefficient (Wildman–Crippen LogP) is 1.65. The Morgan fingerprint density at radius 1 is 0.690 bits per heavy atom. The van der Waals surface area contributed by atoms with E-state index in [4.69, 9.17) is 0 Å². The highest BCUT2D eigenvalue weighted by Crippen LogP contribution is 2.26. The second kappa shape index (κ2) is 15.7. The van der Waals surface area contributed by atoms with Crippen LogP contribution in [0, 0.1) is 22.7 Å². The Balaban J connectivity index is 1.30. The lowest BCUT2D eigenvalue weighted by molar-refractivity contribution is -0.117. The summed E-state index contributed by atoms with van der Waals surface area (Å²) in [4.78, 5) is 29.3. The average Bonchev–Trinajstić information content (AvgIpc) is 2.99. The number of carbonyl (C=O) groups is 2. The molecule has 0 unspecified atom stereocenters. The Kier molecular flexibility index (Phi) is 11.7. The molecule has 42 heavy (non-hydrogen) atoms. The molecule has 1 aliphatic heterocycles. The molecule has 1 aliphatic rings. The minimum atomic E-state index is -0.501. The predicted molar refractivity (Wildman–Crippen MR) is 155 cm³/mol. The first-order valence-electron chi connectivity index (χ1n) is 13.5. The van der Waals surface area contributed by atoms with Crippen molar-refractivity contribution in [2.24, 2.45) is 0 Å². The Hall–Kier alpha value is -5.04. The van der Waals surface area contributed by atoms with Crippen LogP contribution >= 0.6 is 0 Å².